The highest BCUT2D eigenvalue weighted by Crippen LogP contribution is 1.95. The van der Waals surface area contributed by atoms with Gasteiger partial charge in [-0.15, -0.1) is 0 Å². The van der Waals surface area contributed by atoms with E-state index in [1.54, 1.807) is 0 Å². The Kier molecular flexibility index (Phi) is 4.15. The Hall–Kier alpha value is -0.0100. The molecule has 1 nitrogen and oxygen atoms in total. The Morgan fingerprint density at radius 1 is 1.86 bits per heavy atom. The van der Waals surface area contributed by atoms with Gasteiger partial charge in [-0.05, 0) is 6.92 Å². The fraction of sp³-hybridized carbons (Fsp3) is 0.600. The summed E-state index contributed by atoms with van der Waals surface area (Å²) in [6.07, 6.45) is 4.21. The highest BCUT2D eigenvalue weighted by Gasteiger charge is 1.88. The molecule has 1 atom stereocenters. The molecular weight excluding hydrogens is 112 g/mol. The second-order valence-corrected chi connectivity index (χ2v) is 1.74. The lowest BCUT2D eigenvalue weighted by molar-refractivity contribution is 0.260. The summed E-state index contributed by atoms with van der Waals surface area (Å²) in [5.41, 5.74) is -0.712. The van der Waals surface area contributed by atoms with E-state index in [1.807, 2.05) is 19.1 Å². The monoisotopic (exact) mass is 120 g/mol. The van der Waals surface area contributed by atoms with Crippen molar-refractivity contribution in [1.29, 1.82) is 0 Å². The van der Waals surface area contributed by atoms with Crippen molar-refractivity contribution in [3.63, 3.8) is 0 Å². The molecule has 0 saturated heterocycles. The summed E-state index contributed by atoms with van der Waals surface area (Å²) in [4.78, 5) is 0. The average Bonchev–Trinajstić information content (AvgIpc) is 1.61. The Bertz CT molecular complexity index is 59.1. The summed E-state index contributed by atoms with van der Waals surface area (Å²) >= 11 is 5.16. The molecule has 0 aromatic rings. The third-order valence-corrected chi connectivity index (χ3v) is 0.744. The number of aliphatic hydroxyl groups excluding tert-OH is 1. The van der Waals surface area contributed by atoms with E-state index in [-0.39, 0.29) is 0 Å². The van der Waals surface area contributed by atoms with Crippen LogP contribution in [0.2, 0.25) is 0 Å². The van der Waals surface area contributed by atoms with Gasteiger partial charge in [0.2, 0.25) is 0 Å². The zero-order valence-corrected chi connectivity index (χ0v) is 5.02. The molecule has 0 aromatic heterocycles. The zero-order chi connectivity index (χ0) is 5.70. The first kappa shape index (κ1) is 6.99. The minimum atomic E-state index is -0.712. The predicted molar refractivity (Wildman–Crippen MR) is 31.3 cm³/mol. The van der Waals surface area contributed by atoms with Crippen LogP contribution < -0.4 is 0 Å². The lowest BCUT2D eigenvalue weighted by Gasteiger charge is -1.90. The van der Waals surface area contributed by atoms with Gasteiger partial charge in [-0.3, -0.25) is 0 Å². The van der Waals surface area contributed by atoms with E-state index in [0.29, 0.717) is 6.42 Å². The van der Waals surface area contributed by atoms with Crippen LogP contribution in [0.1, 0.15) is 13.3 Å². The number of alkyl halides is 1. The molecule has 7 heavy (non-hydrogen) atoms. The number of hydrogen-bond acceptors (Lipinski definition) is 1. The van der Waals surface area contributed by atoms with Gasteiger partial charge >= 0.3 is 0 Å². The smallest absolute Gasteiger partial charge is 0.131 e. The van der Waals surface area contributed by atoms with Crippen LogP contribution in [0.25, 0.3) is 0 Å². The number of halogens is 1. The maximum absolute atomic E-state index is 8.40. The van der Waals surface area contributed by atoms with E-state index in [9.17, 15) is 0 Å². The van der Waals surface area contributed by atoms with Gasteiger partial charge in [-0.1, -0.05) is 23.8 Å². The van der Waals surface area contributed by atoms with Crippen molar-refractivity contribution in [3.05, 3.63) is 12.2 Å². The minimum absolute atomic E-state index is 0.540. The van der Waals surface area contributed by atoms with E-state index in [1.165, 1.54) is 0 Å². The summed E-state index contributed by atoms with van der Waals surface area (Å²) in [6.45, 7) is 1.89. The predicted octanol–water partition coefficient (Wildman–Crippen LogP) is 1.51. The number of allylic oxidation sites excluding steroid dienone is 1. The van der Waals surface area contributed by atoms with Gasteiger partial charge < -0.3 is 5.11 Å². The molecular formula is C5H9ClO. The van der Waals surface area contributed by atoms with Crippen molar-refractivity contribution in [2.24, 2.45) is 0 Å². The van der Waals surface area contributed by atoms with E-state index in [0.717, 1.165) is 0 Å². The van der Waals surface area contributed by atoms with Gasteiger partial charge in [0, 0.05) is 6.42 Å². The first-order chi connectivity index (χ1) is 3.27. The largest absolute Gasteiger partial charge is 0.377 e. The molecule has 42 valence electrons. The molecule has 0 bridgehead atoms. The van der Waals surface area contributed by atoms with Gasteiger partial charge in [0.05, 0.1) is 0 Å². The number of hydrogen-bond donors (Lipinski definition) is 1. The van der Waals surface area contributed by atoms with Crippen LogP contribution in [0.3, 0.4) is 0 Å². The first-order valence-electron chi connectivity index (χ1n) is 2.20. The highest BCUT2D eigenvalue weighted by molar-refractivity contribution is 6.19. The summed E-state index contributed by atoms with van der Waals surface area (Å²) < 4.78 is 0. The van der Waals surface area contributed by atoms with Crippen molar-refractivity contribution in [1.82, 2.24) is 0 Å². The third-order valence-electron chi connectivity index (χ3n) is 0.566. The fourth-order valence-electron chi connectivity index (χ4n) is 0.248. The summed E-state index contributed by atoms with van der Waals surface area (Å²) in [7, 11) is 0. The molecule has 0 spiro atoms. The molecule has 0 radical (unpaired) electrons. The molecule has 0 rings (SSSR count). The van der Waals surface area contributed by atoms with Crippen LogP contribution in [0.5, 0.6) is 0 Å². The SMILES string of the molecule is CC=CCC(O)Cl. The second-order valence-electron chi connectivity index (χ2n) is 1.24. The lowest BCUT2D eigenvalue weighted by atomic mass is 10.4. The Balaban J connectivity index is 2.97. The molecule has 0 aromatic carbocycles. The fourth-order valence-corrected chi connectivity index (χ4v) is 0.351. The topological polar surface area (TPSA) is 20.2 Å². The molecule has 0 aliphatic carbocycles. The standard InChI is InChI=1S/C5H9ClO/c1-2-3-4-5(6)7/h2-3,5,7H,4H2,1H3. The van der Waals surface area contributed by atoms with Crippen LogP contribution in [-0.2, 0) is 0 Å². The zero-order valence-electron chi connectivity index (χ0n) is 4.26. The van der Waals surface area contributed by atoms with Crippen molar-refractivity contribution in [3.8, 4) is 0 Å². The molecule has 0 fully saturated rings. The average molecular weight is 121 g/mol. The van der Waals surface area contributed by atoms with Gasteiger partial charge in [0.25, 0.3) is 0 Å². The van der Waals surface area contributed by atoms with Crippen LogP contribution in [0.15, 0.2) is 12.2 Å². The van der Waals surface area contributed by atoms with E-state index < -0.39 is 5.56 Å². The molecule has 1 N–H and O–H groups in total. The third kappa shape index (κ3) is 5.99. The van der Waals surface area contributed by atoms with Crippen molar-refractivity contribution in [2.45, 2.75) is 18.9 Å². The highest BCUT2D eigenvalue weighted by atomic mass is 35.5. The Morgan fingerprint density at radius 2 is 2.43 bits per heavy atom. The van der Waals surface area contributed by atoms with E-state index in [4.69, 9.17) is 16.7 Å². The maximum Gasteiger partial charge on any atom is 0.131 e. The van der Waals surface area contributed by atoms with E-state index >= 15 is 0 Å². The Morgan fingerprint density at radius 3 is 2.57 bits per heavy atom. The quantitative estimate of drug-likeness (QED) is 0.433. The molecule has 0 saturated carbocycles. The molecule has 2 heteroatoms. The molecule has 0 amide bonds. The van der Waals surface area contributed by atoms with Gasteiger partial charge in [-0.2, -0.15) is 0 Å². The number of rotatable bonds is 2. The van der Waals surface area contributed by atoms with Crippen LogP contribution in [0, 0.1) is 0 Å². The van der Waals surface area contributed by atoms with Gasteiger partial charge in [0.1, 0.15) is 5.56 Å². The van der Waals surface area contributed by atoms with Gasteiger partial charge in [-0.25, -0.2) is 0 Å². The Labute approximate surface area is 48.6 Å². The number of aliphatic hydroxyl groups is 1. The van der Waals surface area contributed by atoms with Crippen LogP contribution in [-0.4, -0.2) is 10.7 Å². The molecule has 0 aliphatic rings. The van der Waals surface area contributed by atoms with Crippen LogP contribution >= 0.6 is 11.6 Å². The van der Waals surface area contributed by atoms with Crippen molar-refractivity contribution >= 4 is 11.6 Å². The molecule has 0 aliphatic heterocycles. The van der Waals surface area contributed by atoms with Gasteiger partial charge in [0.15, 0.2) is 0 Å². The second kappa shape index (κ2) is 4.16. The molecule has 0 heterocycles. The first-order valence-corrected chi connectivity index (χ1v) is 2.64. The lowest BCUT2D eigenvalue weighted by Crippen LogP contribution is -1.90. The summed E-state index contributed by atoms with van der Waals surface area (Å²) in [6, 6.07) is 0. The normalized spacial score (nSPS) is 15.3. The summed E-state index contributed by atoms with van der Waals surface area (Å²) in [5.74, 6) is 0. The maximum atomic E-state index is 8.40. The van der Waals surface area contributed by atoms with Crippen molar-refractivity contribution in [2.75, 3.05) is 0 Å². The van der Waals surface area contributed by atoms with Crippen LogP contribution in [0.4, 0.5) is 0 Å². The minimum Gasteiger partial charge on any atom is -0.377 e. The van der Waals surface area contributed by atoms with E-state index in [2.05, 4.69) is 0 Å². The van der Waals surface area contributed by atoms with Crippen molar-refractivity contribution < 1.29 is 5.11 Å². The summed E-state index contributed by atoms with van der Waals surface area (Å²) in [5, 5.41) is 8.40. The molecule has 1 unspecified atom stereocenters.